The van der Waals surface area contributed by atoms with Gasteiger partial charge < -0.3 is 4.90 Å². The topological polar surface area (TPSA) is 23.6 Å². The Morgan fingerprint density at radius 2 is 1.74 bits per heavy atom. The van der Waals surface area contributed by atoms with E-state index in [0.717, 1.165) is 13.1 Å². The first kappa shape index (κ1) is 14.4. The Labute approximate surface area is 123 Å². The minimum Gasteiger partial charge on any atom is -0.336 e. The zero-order valence-corrected chi connectivity index (χ0v) is 12.1. The highest BCUT2D eigenvalue weighted by atomic mass is 35.5. The fourth-order valence-electron chi connectivity index (χ4n) is 2.13. The highest BCUT2D eigenvalue weighted by Crippen LogP contribution is 2.13. The molecular formula is C14H16Cl2N2O. The van der Waals surface area contributed by atoms with E-state index in [9.17, 15) is 4.79 Å². The molecule has 102 valence electrons. The number of hydrogen-bond donors (Lipinski definition) is 0. The molecule has 1 amide bonds. The molecule has 0 radical (unpaired) electrons. The first-order valence-corrected chi connectivity index (χ1v) is 6.92. The zero-order valence-electron chi connectivity index (χ0n) is 10.6. The molecule has 1 aromatic carbocycles. The van der Waals surface area contributed by atoms with E-state index in [-0.39, 0.29) is 5.91 Å². The van der Waals surface area contributed by atoms with Crippen molar-refractivity contribution in [2.45, 2.75) is 0 Å². The van der Waals surface area contributed by atoms with Crippen LogP contribution in [0.5, 0.6) is 0 Å². The van der Waals surface area contributed by atoms with Gasteiger partial charge in [0.15, 0.2) is 0 Å². The fraction of sp³-hybridized carbons (Fsp3) is 0.357. The first-order valence-electron chi connectivity index (χ1n) is 6.17. The molecule has 0 bridgehead atoms. The summed E-state index contributed by atoms with van der Waals surface area (Å²) in [5.41, 5.74) is 0.680. The van der Waals surface area contributed by atoms with Crippen LogP contribution < -0.4 is 0 Å². The molecule has 1 fully saturated rings. The maximum absolute atomic E-state index is 12.3. The van der Waals surface area contributed by atoms with E-state index < -0.39 is 0 Å². The van der Waals surface area contributed by atoms with Crippen molar-refractivity contribution in [3.8, 4) is 0 Å². The Balaban J connectivity index is 1.92. The maximum Gasteiger partial charge on any atom is 0.253 e. The van der Waals surface area contributed by atoms with Gasteiger partial charge in [-0.2, -0.15) is 0 Å². The van der Waals surface area contributed by atoms with Gasteiger partial charge in [0.2, 0.25) is 0 Å². The van der Waals surface area contributed by atoms with Gasteiger partial charge in [-0.05, 0) is 24.3 Å². The maximum atomic E-state index is 12.3. The molecule has 0 atom stereocenters. The molecule has 3 nitrogen and oxygen atoms in total. The number of halogens is 2. The standard InChI is InChI=1S/C14H16Cl2N2O/c1-11(15)10-17-6-8-18(9-7-17)14(19)12-2-4-13(16)5-3-12/h2-5H,1,6-10H2. The number of carbonyl (C=O) groups is 1. The molecule has 5 heteroatoms. The summed E-state index contributed by atoms with van der Waals surface area (Å²) >= 11 is 11.6. The van der Waals surface area contributed by atoms with E-state index >= 15 is 0 Å². The lowest BCUT2D eigenvalue weighted by Gasteiger charge is -2.34. The van der Waals surface area contributed by atoms with Crippen LogP contribution in [0.25, 0.3) is 0 Å². The van der Waals surface area contributed by atoms with Crippen molar-refractivity contribution in [2.24, 2.45) is 0 Å². The molecule has 0 aromatic heterocycles. The summed E-state index contributed by atoms with van der Waals surface area (Å²) in [6.07, 6.45) is 0. The lowest BCUT2D eigenvalue weighted by atomic mass is 10.2. The normalized spacial score (nSPS) is 16.4. The van der Waals surface area contributed by atoms with Crippen LogP contribution in [0.15, 0.2) is 35.9 Å². The molecule has 0 aliphatic carbocycles. The minimum atomic E-state index is 0.0565. The molecule has 0 saturated carbocycles. The molecule has 1 aliphatic heterocycles. The van der Waals surface area contributed by atoms with Gasteiger partial charge in [-0.3, -0.25) is 9.69 Å². The van der Waals surface area contributed by atoms with Crippen LogP contribution in [0.2, 0.25) is 5.02 Å². The average Bonchev–Trinajstić information content (AvgIpc) is 2.39. The van der Waals surface area contributed by atoms with Gasteiger partial charge in [0, 0.05) is 48.3 Å². The fourth-order valence-corrected chi connectivity index (χ4v) is 2.42. The van der Waals surface area contributed by atoms with Crippen molar-refractivity contribution in [1.29, 1.82) is 0 Å². The minimum absolute atomic E-state index is 0.0565. The number of rotatable bonds is 3. The number of nitrogens with zero attached hydrogens (tertiary/aromatic N) is 2. The van der Waals surface area contributed by atoms with Crippen molar-refractivity contribution in [3.63, 3.8) is 0 Å². The van der Waals surface area contributed by atoms with E-state index in [0.29, 0.717) is 35.3 Å². The third-order valence-electron chi connectivity index (χ3n) is 3.15. The molecule has 0 unspecified atom stereocenters. The Morgan fingerprint density at radius 3 is 2.26 bits per heavy atom. The van der Waals surface area contributed by atoms with Crippen molar-refractivity contribution in [1.82, 2.24) is 9.80 Å². The summed E-state index contributed by atoms with van der Waals surface area (Å²) in [6, 6.07) is 7.00. The molecule has 1 heterocycles. The van der Waals surface area contributed by atoms with Crippen molar-refractivity contribution >= 4 is 29.1 Å². The third-order valence-corrected chi connectivity index (χ3v) is 3.52. The quantitative estimate of drug-likeness (QED) is 0.857. The van der Waals surface area contributed by atoms with E-state index in [1.54, 1.807) is 24.3 Å². The predicted molar refractivity (Wildman–Crippen MR) is 78.8 cm³/mol. The largest absolute Gasteiger partial charge is 0.336 e. The SMILES string of the molecule is C=C(Cl)CN1CCN(C(=O)c2ccc(Cl)cc2)CC1. The van der Waals surface area contributed by atoms with Gasteiger partial charge in [-0.15, -0.1) is 0 Å². The highest BCUT2D eigenvalue weighted by Gasteiger charge is 2.21. The number of benzene rings is 1. The summed E-state index contributed by atoms with van der Waals surface area (Å²) in [6.45, 7) is 7.45. The highest BCUT2D eigenvalue weighted by molar-refractivity contribution is 6.30. The molecule has 2 rings (SSSR count). The summed E-state index contributed by atoms with van der Waals surface area (Å²) in [5.74, 6) is 0.0565. The van der Waals surface area contributed by atoms with Gasteiger partial charge in [-0.25, -0.2) is 0 Å². The smallest absolute Gasteiger partial charge is 0.253 e. The van der Waals surface area contributed by atoms with Gasteiger partial charge in [-0.1, -0.05) is 29.8 Å². The van der Waals surface area contributed by atoms with E-state index in [1.807, 2.05) is 4.90 Å². The lowest BCUT2D eigenvalue weighted by molar-refractivity contribution is 0.0649. The van der Waals surface area contributed by atoms with Crippen LogP contribution in [0.1, 0.15) is 10.4 Å². The van der Waals surface area contributed by atoms with Crippen LogP contribution >= 0.6 is 23.2 Å². The van der Waals surface area contributed by atoms with Crippen LogP contribution in [0.4, 0.5) is 0 Å². The number of hydrogen-bond acceptors (Lipinski definition) is 2. The summed E-state index contributed by atoms with van der Waals surface area (Å²) in [4.78, 5) is 16.3. The van der Waals surface area contributed by atoms with Crippen LogP contribution in [-0.2, 0) is 0 Å². The van der Waals surface area contributed by atoms with E-state index in [4.69, 9.17) is 23.2 Å². The second kappa shape index (κ2) is 6.42. The lowest BCUT2D eigenvalue weighted by Crippen LogP contribution is -2.48. The van der Waals surface area contributed by atoms with Gasteiger partial charge in [0.25, 0.3) is 5.91 Å². The Kier molecular flexibility index (Phi) is 4.86. The Bertz CT molecular complexity index is 465. The van der Waals surface area contributed by atoms with Crippen molar-refractivity contribution in [2.75, 3.05) is 32.7 Å². The molecule has 1 saturated heterocycles. The van der Waals surface area contributed by atoms with Gasteiger partial charge in [0.1, 0.15) is 0 Å². The first-order chi connectivity index (χ1) is 9.06. The molecule has 0 spiro atoms. The third kappa shape index (κ3) is 3.96. The zero-order chi connectivity index (χ0) is 13.8. The summed E-state index contributed by atoms with van der Waals surface area (Å²) < 4.78 is 0. The van der Waals surface area contributed by atoms with Crippen molar-refractivity contribution < 1.29 is 4.79 Å². The Morgan fingerprint density at radius 1 is 1.16 bits per heavy atom. The summed E-state index contributed by atoms with van der Waals surface area (Å²) in [5, 5.41) is 1.28. The Hall–Kier alpha value is -1.03. The number of carbonyl (C=O) groups excluding carboxylic acids is 1. The molecule has 0 N–H and O–H groups in total. The number of amides is 1. The van der Waals surface area contributed by atoms with E-state index in [1.165, 1.54) is 0 Å². The second-order valence-corrected chi connectivity index (χ2v) is 5.56. The summed E-state index contributed by atoms with van der Waals surface area (Å²) in [7, 11) is 0. The number of piperazine rings is 1. The predicted octanol–water partition coefficient (Wildman–Crippen LogP) is 2.85. The van der Waals surface area contributed by atoms with Crippen LogP contribution in [0.3, 0.4) is 0 Å². The second-order valence-electron chi connectivity index (χ2n) is 4.59. The molecular weight excluding hydrogens is 283 g/mol. The van der Waals surface area contributed by atoms with Gasteiger partial charge >= 0.3 is 0 Å². The van der Waals surface area contributed by atoms with Gasteiger partial charge in [0.05, 0.1) is 0 Å². The average molecular weight is 299 g/mol. The molecule has 1 aliphatic rings. The monoisotopic (exact) mass is 298 g/mol. The van der Waals surface area contributed by atoms with Crippen LogP contribution in [0, 0.1) is 0 Å². The molecule has 19 heavy (non-hydrogen) atoms. The molecule has 1 aromatic rings. The van der Waals surface area contributed by atoms with Crippen molar-refractivity contribution in [3.05, 3.63) is 46.5 Å². The van der Waals surface area contributed by atoms with E-state index in [2.05, 4.69) is 11.5 Å². The van der Waals surface area contributed by atoms with Crippen LogP contribution in [-0.4, -0.2) is 48.4 Å².